The Balaban J connectivity index is 2.01. The number of rotatable bonds is 6. The largest absolute Gasteiger partial charge is 0.468 e. The molecule has 0 bridgehead atoms. The monoisotopic (exact) mass is 307 g/mol. The molecule has 1 aromatic heterocycles. The van der Waals surface area contributed by atoms with E-state index in [4.69, 9.17) is 4.42 Å². The molecule has 18 heavy (non-hydrogen) atoms. The summed E-state index contributed by atoms with van der Waals surface area (Å²) < 4.78 is 6.51. The molecule has 1 atom stereocenters. The molecule has 0 saturated heterocycles. The van der Waals surface area contributed by atoms with Crippen LogP contribution in [0, 0.1) is 0 Å². The zero-order valence-corrected chi connectivity index (χ0v) is 12.1. The van der Waals surface area contributed by atoms with Crippen LogP contribution < -0.4 is 5.32 Å². The third kappa shape index (κ3) is 3.47. The van der Waals surface area contributed by atoms with Crippen molar-refractivity contribution >= 4 is 15.9 Å². The minimum atomic E-state index is 0.383. The van der Waals surface area contributed by atoms with Crippen molar-refractivity contribution in [3.05, 3.63) is 58.5 Å². The number of benzene rings is 1. The zero-order chi connectivity index (χ0) is 12.8. The van der Waals surface area contributed by atoms with E-state index in [1.807, 2.05) is 6.07 Å². The van der Waals surface area contributed by atoms with E-state index in [2.05, 4.69) is 58.5 Å². The van der Waals surface area contributed by atoms with Crippen LogP contribution in [0.5, 0.6) is 0 Å². The highest BCUT2D eigenvalue weighted by molar-refractivity contribution is 9.10. The van der Waals surface area contributed by atoms with Crippen molar-refractivity contribution in [1.29, 1.82) is 0 Å². The summed E-state index contributed by atoms with van der Waals surface area (Å²) in [6, 6.07) is 12.9. The Morgan fingerprint density at radius 1 is 1.22 bits per heavy atom. The Kier molecular flexibility index (Phi) is 5.02. The van der Waals surface area contributed by atoms with Crippen molar-refractivity contribution in [3.63, 3.8) is 0 Å². The summed E-state index contributed by atoms with van der Waals surface area (Å²) in [6.45, 7) is 3.11. The Bertz CT molecular complexity index is 466. The highest BCUT2D eigenvalue weighted by Gasteiger charge is 2.12. The molecule has 0 amide bonds. The van der Waals surface area contributed by atoms with Gasteiger partial charge in [-0.15, -0.1) is 0 Å². The molecule has 2 rings (SSSR count). The average Bonchev–Trinajstić information content (AvgIpc) is 2.81. The molecule has 0 aliphatic rings. The van der Waals surface area contributed by atoms with Crippen molar-refractivity contribution in [2.75, 3.05) is 6.54 Å². The van der Waals surface area contributed by atoms with Crippen molar-refractivity contribution < 1.29 is 4.42 Å². The first-order chi connectivity index (χ1) is 8.81. The van der Waals surface area contributed by atoms with Crippen LogP contribution in [0.2, 0.25) is 0 Å². The van der Waals surface area contributed by atoms with E-state index in [1.54, 1.807) is 6.26 Å². The second-order valence-corrected chi connectivity index (χ2v) is 5.11. The predicted octanol–water partition coefficient (Wildman–Crippen LogP) is 4.33. The Morgan fingerprint density at radius 3 is 2.61 bits per heavy atom. The molecule has 0 radical (unpaired) electrons. The minimum Gasteiger partial charge on any atom is -0.468 e. The second kappa shape index (κ2) is 6.76. The van der Waals surface area contributed by atoms with Crippen LogP contribution in [-0.2, 0) is 6.42 Å². The van der Waals surface area contributed by atoms with Crippen LogP contribution in [0.3, 0.4) is 0 Å². The van der Waals surface area contributed by atoms with Gasteiger partial charge in [0.25, 0.3) is 0 Å². The van der Waals surface area contributed by atoms with E-state index in [9.17, 15) is 0 Å². The normalized spacial score (nSPS) is 12.6. The van der Waals surface area contributed by atoms with Crippen LogP contribution in [0.15, 0.2) is 51.6 Å². The lowest BCUT2D eigenvalue weighted by Gasteiger charge is -2.17. The Labute approximate surface area is 117 Å². The summed E-state index contributed by atoms with van der Waals surface area (Å²) in [6.07, 6.45) is 3.69. The van der Waals surface area contributed by atoms with Gasteiger partial charge in [-0.25, -0.2) is 0 Å². The van der Waals surface area contributed by atoms with Crippen LogP contribution in [0.1, 0.15) is 30.7 Å². The molecule has 0 aliphatic carbocycles. The van der Waals surface area contributed by atoms with Crippen LogP contribution >= 0.6 is 15.9 Å². The molecule has 3 heteroatoms. The minimum absolute atomic E-state index is 0.383. The van der Waals surface area contributed by atoms with Crippen LogP contribution in [-0.4, -0.2) is 6.54 Å². The first-order valence-corrected chi connectivity index (χ1v) is 7.10. The van der Waals surface area contributed by atoms with Gasteiger partial charge in [-0.2, -0.15) is 0 Å². The van der Waals surface area contributed by atoms with E-state index in [-0.39, 0.29) is 0 Å². The molecular formula is C15H18BrNO. The van der Waals surface area contributed by atoms with E-state index < -0.39 is 0 Å². The number of aryl methyl sites for hydroxylation is 1. The van der Waals surface area contributed by atoms with Gasteiger partial charge >= 0.3 is 0 Å². The number of hydrogen-bond donors (Lipinski definition) is 1. The maximum Gasteiger partial charge on any atom is 0.117 e. The number of halogens is 1. The lowest BCUT2D eigenvalue weighted by molar-refractivity contribution is 0.457. The second-order valence-electron chi connectivity index (χ2n) is 4.25. The van der Waals surface area contributed by atoms with Crippen molar-refractivity contribution in [1.82, 2.24) is 5.32 Å². The third-order valence-electron chi connectivity index (χ3n) is 3.00. The molecule has 1 unspecified atom stereocenters. The fraction of sp³-hybridized carbons (Fsp3) is 0.333. The Morgan fingerprint density at radius 2 is 2.00 bits per heavy atom. The lowest BCUT2D eigenvalue weighted by Crippen LogP contribution is -2.21. The molecule has 1 N–H and O–H groups in total. The molecule has 1 heterocycles. The van der Waals surface area contributed by atoms with Gasteiger partial charge in [0.15, 0.2) is 0 Å². The summed E-state index contributed by atoms with van der Waals surface area (Å²) >= 11 is 3.50. The quantitative estimate of drug-likeness (QED) is 0.859. The van der Waals surface area contributed by atoms with Gasteiger partial charge in [-0.05, 0) is 40.5 Å². The molecular weight excluding hydrogens is 290 g/mol. The first kappa shape index (κ1) is 13.4. The predicted molar refractivity (Wildman–Crippen MR) is 77.6 cm³/mol. The number of nitrogens with one attached hydrogen (secondary N) is 1. The number of furan rings is 1. The highest BCUT2D eigenvalue weighted by atomic mass is 79.9. The Hall–Kier alpha value is -1.06. The van der Waals surface area contributed by atoms with Crippen LogP contribution in [0.25, 0.3) is 0 Å². The van der Waals surface area contributed by atoms with Crippen molar-refractivity contribution in [2.45, 2.75) is 25.8 Å². The first-order valence-electron chi connectivity index (χ1n) is 6.31. The molecule has 1 aromatic carbocycles. The zero-order valence-electron chi connectivity index (χ0n) is 10.5. The van der Waals surface area contributed by atoms with Gasteiger partial charge in [-0.1, -0.05) is 37.3 Å². The molecule has 0 fully saturated rings. The smallest absolute Gasteiger partial charge is 0.117 e. The molecule has 2 nitrogen and oxygen atoms in total. The summed E-state index contributed by atoms with van der Waals surface area (Å²) in [5.41, 5.74) is 1.34. The van der Waals surface area contributed by atoms with Gasteiger partial charge in [0.1, 0.15) is 5.76 Å². The third-order valence-corrected chi connectivity index (χ3v) is 3.71. The van der Waals surface area contributed by atoms with E-state index in [1.165, 1.54) is 5.56 Å². The average molecular weight is 308 g/mol. The van der Waals surface area contributed by atoms with Gasteiger partial charge in [0, 0.05) is 12.5 Å². The highest BCUT2D eigenvalue weighted by Crippen LogP contribution is 2.23. The maximum atomic E-state index is 5.45. The fourth-order valence-electron chi connectivity index (χ4n) is 2.10. The summed E-state index contributed by atoms with van der Waals surface area (Å²) in [5, 5.41) is 3.52. The van der Waals surface area contributed by atoms with E-state index in [0.29, 0.717) is 6.04 Å². The molecule has 0 spiro atoms. The maximum absolute atomic E-state index is 5.45. The van der Waals surface area contributed by atoms with Crippen molar-refractivity contribution in [2.24, 2.45) is 0 Å². The van der Waals surface area contributed by atoms with Gasteiger partial charge in [0.05, 0.1) is 10.7 Å². The topological polar surface area (TPSA) is 25.2 Å². The lowest BCUT2D eigenvalue weighted by atomic mass is 10.0. The summed E-state index contributed by atoms with van der Waals surface area (Å²) in [7, 11) is 0. The summed E-state index contributed by atoms with van der Waals surface area (Å²) in [4.78, 5) is 0. The van der Waals surface area contributed by atoms with Gasteiger partial charge < -0.3 is 9.73 Å². The van der Waals surface area contributed by atoms with Crippen LogP contribution in [0.4, 0.5) is 0 Å². The standard InChI is InChI=1S/C15H18BrNO/c1-2-17-14(12-6-4-3-5-7-12)8-9-15-13(16)10-11-18-15/h3-7,10-11,14,17H,2,8-9H2,1H3. The van der Waals surface area contributed by atoms with Crippen molar-refractivity contribution in [3.8, 4) is 0 Å². The molecule has 0 saturated carbocycles. The SMILES string of the molecule is CCNC(CCc1occc1Br)c1ccccc1. The van der Waals surface area contributed by atoms with E-state index >= 15 is 0 Å². The van der Waals surface area contributed by atoms with Gasteiger partial charge in [-0.3, -0.25) is 0 Å². The molecule has 96 valence electrons. The number of hydrogen-bond acceptors (Lipinski definition) is 2. The summed E-state index contributed by atoms with van der Waals surface area (Å²) in [5.74, 6) is 1.02. The van der Waals surface area contributed by atoms with Gasteiger partial charge in [0.2, 0.25) is 0 Å². The fourth-order valence-corrected chi connectivity index (χ4v) is 2.50. The molecule has 0 aliphatic heterocycles. The van der Waals surface area contributed by atoms with E-state index in [0.717, 1.165) is 29.6 Å². The molecule has 2 aromatic rings.